The van der Waals surface area contributed by atoms with Gasteiger partial charge in [-0.15, -0.1) is 11.3 Å². The minimum absolute atomic E-state index is 0.646. The zero-order valence-electron chi connectivity index (χ0n) is 29.8. The summed E-state index contributed by atoms with van der Waals surface area (Å²) in [4.78, 5) is 15.4. The average Bonchev–Trinajstić information content (AvgIpc) is 3.67. The van der Waals surface area contributed by atoms with Crippen LogP contribution in [0.25, 0.3) is 98.8 Å². The topological polar surface area (TPSA) is 38.7 Å². The van der Waals surface area contributed by atoms with Crippen LogP contribution in [0.4, 0.5) is 0 Å². The number of benzene rings is 8. The maximum absolute atomic E-state index is 5.20. The average molecular weight is 720 g/mol. The van der Waals surface area contributed by atoms with Gasteiger partial charge in [0.2, 0.25) is 0 Å². The van der Waals surface area contributed by atoms with Crippen molar-refractivity contribution >= 4 is 31.5 Å². The SMILES string of the molecule is c1ccc(-c2ccc(-c3nc(-c4ccccc4)nc(-c4ccc(-c5cccc(-c6cccc(-c7ccccc7)c6)c5)c5c4sc4ccccc45)n3)cc2)cc1. The van der Waals surface area contributed by atoms with Gasteiger partial charge in [0.15, 0.2) is 17.5 Å². The Balaban J connectivity index is 1.12. The van der Waals surface area contributed by atoms with E-state index in [4.69, 9.17) is 15.0 Å². The summed E-state index contributed by atoms with van der Waals surface area (Å²) in [5, 5.41) is 2.44. The fourth-order valence-corrected chi connectivity index (χ4v) is 8.64. The number of hydrogen-bond donors (Lipinski definition) is 0. The molecule has 0 unspecified atom stereocenters. The lowest BCUT2D eigenvalue weighted by Crippen LogP contribution is -2.00. The minimum atomic E-state index is 0.646. The van der Waals surface area contributed by atoms with Crippen LogP contribution >= 0.6 is 11.3 Å². The molecule has 0 fully saturated rings. The summed E-state index contributed by atoms with van der Waals surface area (Å²) in [6, 6.07) is 70.5. The van der Waals surface area contributed by atoms with Crippen LogP contribution in [0.15, 0.2) is 200 Å². The molecule has 0 aliphatic rings. The molecule has 0 radical (unpaired) electrons. The third kappa shape index (κ3) is 6.29. The second-order valence-corrected chi connectivity index (χ2v) is 14.7. The highest BCUT2D eigenvalue weighted by Gasteiger charge is 2.20. The van der Waals surface area contributed by atoms with Crippen LogP contribution < -0.4 is 0 Å². The van der Waals surface area contributed by atoms with Crippen LogP contribution in [0.3, 0.4) is 0 Å². The third-order valence-corrected chi connectivity index (χ3v) is 11.4. The summed E-state index contributed by atoms with van der Waals surface area (Å²) in [6.45, 7) is 0. The Morgan fingerprint density at radius 3 is 1.36 bits per heavy atom. The fourth-order valence-electron chi connectivity index (χ4n) is 7.40. The molecule has 0 atom stereocenters. The van der Waals surface area contributed by atoms with Gasteiger partial charge in [0.05, 0.1) is 0 Å². The number of aromatic nitrogens is 3. The lowest BCUT2D eigenvalue weighted by atomic mass is 9.93. The summed E-state index contributed by atoms with van der Waals surface area (Å²) in [5.41, 5.74) is 12.4. The molecule has 2 heterocycles. The number of hydrogen-bond acceptors (Lipinski definition) is 4. The summed E-state index contributed by atoms with van der Waals surface area (Å²) < 4.78 is 2.39. The Morgan fingerprint density at radius 1 is 0.291 bits per heavy atom. The zero-order valence-corrected chi connectivity index (χ0v) is 30.6. The van der Waals surface area contributed by atoms with Gasteiger partial charge in [-0.2, -0.15) is 0 Å². The molecule has 10 rings (SSSR count). The standard InChI is InChI=1S/C51H33N3S/c1-4-14-34(15-5-1)36-26-28-38(29-27-36)50-52-49(37-18-8-3-9-19-37)53-51(54-50)45-31-30-43(47-44-24-10-11-25-46(44)55-48(45)47)42-23-13-22-41(33-42)40-21-12-20-39(32-40)35-16-6-2-7-17-35/h1-33H. The molecular formula is C51H33N3S. The second-order valence-electron chi connectivity index (χ2n) is 13.6. The molecule has 3 nitrogen and oxygen atoms in total. The van der Waals surface area contributed by atoms with E-state index in [1.54, 1.807) is 11.3 Å². The van der Waals surface area contributed by atoms with E-state index in [-0.39, 0.29) is 0 Å². The van der Waals surface area contributed by atoms with E-state index >= 15 is 0 Å². The number of rotatable bonds is 7. The molecule has 0 saturated carbocycles. The molecular weight excluding hydrogens is 687 g/mol. The summed E-state index contributed by atoms with van der Waals surface area (Å²) >= 11 is 1.79. The van der Waals surface area contributed by atoms with Crippen molar-refractivity contribution in [3.63, 3.8) is 0 Å². The van der Waals surface area contributed by atoms with Gasteiger partial charge in [0.25, 0.3) is 0 Å². The molecule has 0 aliphatic heterocycles. The number of fused-ring (bicyclic) bond motifs is 3. The molecule has 55 heavy (non-hydrogen) atoms. The van der Waals surface area contributed by atoms with Crippen LogP contribution in [0.2, 0.25) is 0 Å². The minimum Gasteiger partial charge on any atom is -0.208 e. The molecule has 0 saturated heterocycles. The van der Waals surface area contributed by atoms with Gasteiger partial charge in [0, 0.05) is 36.9 Å². The molecule has 10 aromatic rings. The van der Waals surface area contributed by atoms with Crippen LogP contribution in [0.5, 0.6) is 0 Å². The van der Waals surface area contributed by atoms with Crippen LogP contribution in [-0.2, 0) is 0 Å². The number of thiophene rings is 1. The third-order valence-electron chi connectivity index (χ3n) is 10.2. The molecule has 0 spiro atoms. The predicted octanol–water partition coefficient (Wildman–Crippen LogP) is 13.9. The van der Waals surface area contributed by atoms with E-state index in [0.717, 1.165) is 27.0 Å². The van der Waals surface area contributed by atoms with Crippen molar-refractivity contribution in [2.24, 2.45) is 0 Å². The van der Waals surface area contributed by atoms with Crippen LogP contribution in [0.1, 0.15) is 0 Å². The van der Waals surface area contributed by atoms with Gasteiger partial charge in [-0.1, -0.05) is 176 Å². The molecule has 0 bridgehead atoms. The Kier molecular flexibility index (Phi) is 8.36. The van der Waals surface area contributed by atoms with Crippen LogP contribution in [-0.4, -0.2) is 15.0 Å². The zero-order chi connectivity index (χ0) is 36.6. The lowest BCUT2D eigenvalue weighted by Gasteiger charge is -2.12. The van der Waals surface area contributed by atoms with Gasteiger partial charge in [0.1, 0.15) is 0 Å². The van der Waals surface area contributed by atoms with Crippen molar-refractivity contribution in [2.75, 3.05) is 0 Å². The largest absolute Gasteiger partial charge is 0.208 e. The summed E-state index contributed by atoms with van der Waals surface area (Å²) in [7, 11) is 0. The van der Waals surface area contributed by atoms with E-state index < -0.39 is 0 Å². The van der Waals surface area contributed by atoms with Gasteiger partial charge >= 0.3 is 0 Å². The maximum Gasteiger partial charge on any atom is 0.165 e. The first-order chi connectivity index (χ1) is 27.2. The van der Waals surface area contributed by atoms with Crippen molar-refractivity contribution in [2.45, 2.75) is 0 Å². The van der Waals surface area contributed by atoms with Gasteiger partial charge in [-0.25, -0.2) is 15.0 Å². The van der Waals surface area contributed by atoms with E-state index in [9.17, 15) is 0 Å². The lowest BCUT2D eigenvalue weighted by molar-refractivity contribution is 1.08. The molecule has 2 aromatic heterocycles. The molecule has 0 N–H and O–H groups in total. The van der Waals surface area contributed by atoms with Crippen molar-refractivity contribution in [1.82, 2.24) is 15.0 Å². The predicted molar refractivity (Wildman–Crippen MR) is 231 cm³/mol. The highest BCUT2D eigenvalue weighted by atomic mass is 32.1. The first-order valence-corrected chi connectivity index (χ1v) is 19.3. The monoisotopic (exact) mass is 719 g/mol. The van der Waals surface area contributed by atoms with E-state index in [0.29, 0.717) is 17.5 Å². The highest BCUT2D eigenvalue weighted by Crippen LogP contribution is 2.45. The quantitative estimate of drug-likeness (QED) is 0.165. The molecule has 0 aliphatic carbocycles. The summed E-state index contributed by atoms with van der Waals surface area (Å²) in [6.07, 6.45) is 0. The Labute approximate surface area is 323 Å². The highest BCUT2D eigenvalue weighted by molar-refractivity contribution is 7.26. The van der Waals surface area contributed by atoms with Crippen molar-refractivity contribution < 1.29 is 0 Å². The van der Waals surface area contributed by atoms with E-state index in [1.165, 1.54) is 54.4 Å². The summed E-state index contributed by atoms with van der Waals surface area (Å²) in [5.74, 6) is 1.95. The molecule has 0 amide bonds. The molecule has 8 aromatic carbocycles. The fraction of sp³-hybridized carbons (Fsp3) is 0. The van der Waals surface area contributed by atoms with Crippen LogP contribution in [0, 0.1) is 0 Å². The van der Waals surface area contributed by atoms with Gasteiger partial charge in [-0.3, -0.25) is 0 Å². The Morgan fingerprint density at radius 2 is 0.709 bits per heavy atom. The van der Waals surface area contributed by atoms with E-state index in [2.05, 4.69) is 176 Å². The Hall–Kier alpha value is -7.01. The normalized spacial score (nSPS) is 11.3. The van der Waals surface area contributed by atoms with E-state index in [1.807, 2.05) is 24.3 Å². The maximum atomic E-state index is 5.20. The van der Waals surface area contributed by atoms with Gasteiger partial charge < -0.3 is 0 Å². The Bertz CT molecular complexity index is 2950. The second kappa shape index (κ2) is 14.1. The van der Waals surface area contributed by atoms with Crippen molar-refractivity contribution in [1.29, 1.82) is 0 Å². The first-order valence-electron chi connectivity index (χ1n) is 18.4. The first kappa shape index (κ1) is 32.6. The van der Waals surface area contributed by atoms with Gasteiger partial charge in [-0.05, 0) is 68.8 Å². The van der Waals surface area contributed by atoms with Crippen molar-refractivity contribution in [3.05, 3.63) is 200 Å². The van der Waals surface area contributed by atoms with Crippen molar-refractivity contribution in [3.8, 4) is 78.7 Å². The number of nitrogens with zero attached hydrogens (tertiary/aromatic N) is 3. The molecule has 4 heteroatoms. The molecule has 258 valence electrons. The smallest absolute Gasteiger partial charge is 0.165 e.